The molecule has 4 bridgehead atoms. The predicted molar refractivity (Wildman–Crippen MR) is 92.0 cm³/mol. The van der Waals surface area contributed by atoms with Gasteiger partial charge < -0.3 is 19.4 Å². The van der Waals surface area contributed by atoms with Crippen molar-refractivity contribution in [2.24, 2.45) is 23.2 Å². The summed E-state index contributed by atoms with van der Waals surface area (Å²) >= 11 is 0. The molecule has 0 radical (unpaired) electrons. The third-order valence-electron chi connectivity index (χ3n) is 6.50. The van der Waals surface area contributed by atoms with Crippen molar-refractivity contribution in [3.8, 4) is 5.75 Å². The summed E-state index contributed by atoms with van der Waals surface area (Å²) in [7, 11) is 0. The van der Waals surface area contributed by atoms with Crippen molar-refractivity contribution in [3.63, 3.8) is 0 Å². The highest BCUT2D eigenvalue weighted by Gasteiger charge is 2.51. The second-order valence-electron chi connectivity index (χ2n) is 8.62. The number of carboxylic acid groups (broad SMARTS) is 1. The zero-order valence-corrected chi connectivity index (χ0v) is 15.2. The number of hydrogen-bond acceptors (Lipinski definition) is 4. The fourth-order valence-electron chi connectivity index (χ4n) is 5.83. The minimum Gasteiger partial charge on any atom is -0.545 e. The van der Waals surface area contributed by atoms with Gasteiger partial charge in [0, 0.05) is 12.0 Å². The molecule has 4 fully saturated rings. The Morgan fingerprint density at radius 3 is 2.38 bits per heavy atom. The molecule has 0 saturated heterocycles. The van der Waals surface area contributed by atoms with Crippen LogP contribution in [0.25, 0.3) is 0 Å². The average Bonchev–Trinajstić information content (AvgIpc) is 2.58. The van der Waals surface area contributed by atoms with Crippen molar-refractivity contribution in [3.05, 3.63) is 29.6 Å². The molecule has 5 heteroatoms. The van der Waals surface area contributed by atoms with E-state index >= 15 is 0 Å². The molecule has 4 aliphatic rings. The van der Waals surface area contributed by atoms with Gasteiger partial charge in [-0.1, -0.05) is 6.92 Å². The van der Waals surface area contributed by atoms with Crippen molar-refractivity contribution >= 4 is 5.97 Å². The Kier molecular flexibility index (Phi) is 4.68. The monoisotopic (exact) mass is 361 g/mol. The molecule has 26 heavy (non-hydrogen) atoms. The maximum atomic E-state index is 14.0. The zero-order chi connectivity index (χ0) is 18.3. The predicted octanol–water partition coefficient (Wildman–Crippen LogP) is 3.54. The second kappa shape index (κ2) is 6.84. The first-order chi connectivity index (χ1) is 12.5. The molecule has 1 aromatic carbocycles. The zero-order valence-electron chi connectivity index (χ0n) is 15.2. The number of carbonyl (C=O) groups is 1. The van der Waals surface area contributed by atoms with E-state index in [1.54, 1.807) is 0 Å². The molecular weight excluding hydrogens is 335 g/mol. The van der Waals surface area contributed by atoms with Crippen molar-refractivity contribution in [1.29, 1.82) is 0 Å². The smallest absolute Gasteiger partial charge is 0.199 e. The lowest BCUT2D eigenvalue weighted by molar-refractivity contribution is -0.255. The number of carboxylic acids is 1. The van der Waals surface area contributed by atoms with E-state index in [4.69, 9.17) is 9.47 Å². The van der Waals surface area contributed by atoms with Crippen molar-refractivity contribution in [1.82, 2.24) is 0 Å². The standard InChI is InChI=1S/C21H27FO4/c1-2-19(26-18-8-16(20(23)24)3-4-17(18)22)25-12-21-9-13-5-14(10-21)7-15(6-13)11-21/h3-4,8,13-15,19H,2,5-7,9-12H2,1H3,(H,23,24)/p-1. The minimum absolute atomic E-state index is 0.0935. The molecule has 4 aliphatic carbocycles. The van der Waals surface area contributed by atoms with Crippen molar-refractivity contribution in [2.45, 2.75) is 58.2 Å². The molecule has 0 aromatic heterocycles. The number of carbonyl (C=O) groups excluding carboxylic acids is 1. The van der Waals surface area contributed by atoms with Gasteiger partial charge in [0.1, 0.15) is 0 Å². The summed E-state index contributed by atoms with van der Waals surface area (Å²) in [4.78, 5) is 11.0. The Morgan fingerprint density at radius 2 is 1.85 bits per heavy atom. The first kappa shape index (κ1) is 17.8. The molecule has 0 N–H and O–H groups in total. The van der Waals surface area contributed by atoms with Gasteiger partial charge in [-0.3, -0.25) is 0 Å². The lowest BCUT2D eigenvalue weighted by atomic mass is 9.50. The molecule has 1 unspecified atom stereocenters. The minimum atomic E-state index is -1.35. The number of aromatic carboxylic acids is 1. The molecule has 0 amide bonds. The van der Waals surface area contributed by atoms with Crippen molar-refractivity contribution < 1.29 is 23.8 Å². The molecule has 0 spiro atoms. The maximum Gasteiger partial charge on any atom is 0.199 e. The van der Waals surface area contributed by atoms with Crippen LogP contribution in [-0.2, 0) is 4.74 Å². The maximum absolute atomic E-state index is 14.0. The molecule has 4 nitrogen and oxygen atoms in total. The third-order valence-corrected chi connectivity index (χ3v) is 6.50. The van der Waals surface area contributed by atoms with Crippen LogP contribution in [0.1, 0.15) is 62.2 Å². The number of rotatable bonds is 7. The fourth-order valence-corrected chi connectivity index (χ4v) is 5.83. The lowest BCUT2D eigenvalue weighted by Crippen LogP contribution is -2.48. The van der Waals surface area contributed by atoms with Gasteiger partial charge in [0.15, 0.2) is 17.9 Å². The molecule has 142 valence electrons. The molecular formula is C21H26FO4-. The highest BCUT2D eigenvalue weighted by atomic mass is 19.1. The number of hydrogen-bond donors (Lipinski definition) is 0. The van der Waals surface area contributed by atoms with Gasteiger partial charge in [-0.15, -0.1) is 0 Å². The Hall–Kier alpha value is -1.62. The Bertz CT molecular complexity index is 651. The van der Waals surface area contributed by atoms with Gasteiger partial charge in [0.2, 0.25) is 0 Å². The van der Waals surface area contributed by atoms with Crippen LogP contribution in [0, 0.1) is 29.0 Å². The average molecular weight is 361 g/mol. The Balaban J connectivity index is 1.41. The normalized spacial score (nSPS) is 33.2. The van der Waals surface area contributed by atoms with Crippen molar-refractivity contribution in [2.75, 3.05) is 6.61 Å². The van der Waals surface area contributed by atoms with Gasteiger partial charge >= 0.3 is 0 Å². The molecule has 1 atom stereocenters. The Morgan fingerprint density at radius 1 is 1.23 bits per heavy atom. The number of ether oxygens (including phenoxy) is 2. The summed E-state index contributed by atoms with van der Waals surface area (Å²) in [6.07, 6.45) is 7.87. The fraction of sp³-hybridized carbons (Fsp3) is 0.667. The summed E-state index contributed by atoms with van der Waals surface area (Å²) in [6.45, 7) is 2.57. The first-order valence-corrected chi connectivity index (χ1v) is 9.75. The van der Waals surface area contributed by atoms with Crippen LogP contribution in [-0.4, -0.2) is 18.9 Å². The third kappa shape index (κ3) is 3.46. The van der Waals surface area contributed by atoms with Crippen LogP contribution < -0.4 is 9.84 Å². The summed E-state index contributed by atoms with van der Waals surface area (Å²) in [5.74, 6) is 0.516. The highest BCUT2D eigenvalue weighted by molar-refractivity contribution is 5.86. The van der Waals surface area contributed by atoms with E-state index in [1.807, 2.05) is 6.92 Å². The largest absolute Gasteiger partial charge is 0.545 e. The van der Waals surface area contributed by atoms with Gasteiger partial charge in [0.05, 0.1) is 12.6 Å². The molecule has 0 aliphatic heterocycles. The second-order valence-corrected chi connectivity index (χ2v) is 8.62. The van der Waals surface area contributed by atoms with Crippen LogP contribution in [0.3, 0.4) is 0 Å². The SMILES string of the molecule is CCC(OCC12CC3CC(CC(C3)C1)C2)Oc1cc(C(=O)[O-])ccc1F. The van der Waals surface area contributed by atoms with E-state index in [1.165, 1.54) is 50.7 Å². The first-order valence-electron chi connectivity index (χ1n) is 9.75. The summed E-state index contributed by atoms with van der Waals surface area (Å²) in [5, 5.41) is 11.0. The number of halogens is 1. The van der Waals surface area contributed by atoms with E-state index in [2.05, 4.69) is 0 Å². The van der Waals surface area contributed by atoms with Gasteiger partial charge in [-0.25, -0.2) is 4.39 Å². The molecule has 1 aromatic rings. The molecule has 4 saturated carbocycles. The Labute approximate surface area is 153 Å². The lowest BCUT2D eigenvalue weighted by Gasteiger charge is -2.56. The van der Waals surface area contributed by atoms with Crippen LogP contribution in [0.4, 0.5) is 4.39 Å². The van der Waals surface area contributed by atoms with E-state index in [9.17, 15) is 14.3 Å². The topological polar surface area (TPSA) is 58.6 Å². The van der Waals surface area contributed by atoms with E-state index in [-0.39, 0.29) is 16.7 Å². The summed E-state index contributed by atoms with van der Waals surface area (Å²) < 4.78 is 25.7. The van der Waals surface area contributed by atoms with Crippen LogP contribution in [0.15, 0.2) is 18.2 Å². The number of benzene rings is 1. The van der Waals surface area contributed by atoms with Gasteiger partial charge in [-0.2, -0.15) is 0 Å². The van der Waals surface area contributed by atoms with Crippen LogP contribution in [0.2, 0.25) is 0 Å². The molecule has 0 heterocycles. The molecule has 5 rings (SSSR count). The van der Waals surface area contributed by atoms with Crippen LogP contribution in [0.5, 0.6) is 5.75 Å². The quantitative estimate of drug-likeness (QED) is 0.697. The highest BCUT2D eigenvalue weighted by Crippen LogP contribution is 2.60. The van der Waals surface area contributed by atoms with Gasteiger partial charge in [0.25, 0.3) is 0 Å². The van der Waals surface area contributed by atoms with E-state index < -0.39 is 18.1 Å². The summed E-state index contributed by atoms with van der Waals surface area (Å²) in [5.41, 5.74) is 0.161. The van der Waals surface area contributed by atoms with Crippen LogP contribution >= 0.6 is 0 Å². The van der Waals surface area contributed by atoms with E-state index in [0.29, 0.717) is 13.0 Å². The van der Waals surface area contributed by atoms with Gasteiger partial charge in [-0.05, 0) is 79.9 Å². The van der Waals surface area contributed by atoms with E-state index in [0.717, 1.165) is 23.8 Å². The summed E-state index contributed by atoms with van der Waals surface area (Å²) in [6, 6.07) is 3.43.